The predicted octanol–water partition coefficient (Wildman–Crippen LogP) is 4.23. The Morgan fingerprint density at radius 3 is 2.66 bits per heavy atom. The number of aromatic nitrogens is 4. The fourth-order valence-electron chi connectivity index (χ4n) is 2.19. The molecule has 156 valence electrons. The molecule has 0 aliphatic carbocycles. The maximum absolute atomic E-state index is 12.9. The fourth-order valence-corrected chi connectivity index (χ4v) is 4.03. The number of rotatable bonds is 7. The van der Waals surface area contributed by atoms with E-state index in [0.29, 0.717) is 9.88 Å². The second-order valence-electron chi connectivity index (χ2n) is 5.41. The Labute approximate surface area is 167 Å². The van der Waals surface area contributed by atoms with Gasteiger partial charge in [0.1, 0.15) is 26.6 Å². The van der Waals surface area contributed by atoms with Gasteiger partial charge in [-0.3, -0.25) is 9.29 Å². The molecule has 0 saturated carbocycles. The molecule has 3 heterocycles. The van der Waals surface area contributed by atoms with E-state index in [2.05, 4.69) is 20.2 Å². The minimum Gasteiger partial charge on any atom is -0.414 e. The van der Waals surface area contributed by atoms with E-state index in [1.165, 1.54) is 16.6 Å². The van der Waals surface area contributed by atoms with Crippen molar-refractivity contribution in [3.8, 4) is 10.8 Å². The van der Waals surface area contributed by atoms with Crippen LogP contribution in [0.5, 0.6) is 0 Å². The molecule has 1 atom stereocenters. The lowest BCUT2D eigenvalue weighted by molar-refractivity contribution is -0.141. The number of halogens is 5. The summed E-state index contributed by atoms with van der Waals surface area (Å²) < 4.78 is 82.5. The van der Waals surface area contributed by atoms with Crippen molar-refractivity contribution in [3.63, 3.8) is 0 Å². The molecule has 0 spiro atoms. The SMILES string of the molecule is CCS(=O)N(Cc1ncc(-c2nnc(C(F)F)o2)s1)c1ccnc(C(F)(F)F)c1. The van der Waals surface area contributed by atoms with Crippen LogP contribution in [0.2, 0.25) is 0 Å². The lowest BCUT2D eigenvalue weighted by Crippen LogP contribution is -2.27. The largest absolute Gasteiger partial charge is 0.433 e. The number of pyridine rings is 1. The van der Waals surface area contributed by atoms with Gasteiger partial charge in [0.05, 0.1) is 18.4 Å². The Hall–Kier alpha value is -2.48. The van der Waals surface area contributed by atoms with Gasteiger partial charge >= 0.3 is 12.6 Å². The minimum atomic E-state index is -4.65. The van der Waals surface area contributed by atoms with Crippen LogP contribution in [0.25, 0.3) is 10.8 Å². The smallest absolute Gasteiger partial charge is 0.414 e. The summed E-state index contributed by atoms with van der Waals surface area (Å²) in [5.74, 6) is -0.834. The van der Waals surface area contributed by atoms with E-state index in [1.807, 2.05) is 0 Å². The van der Waals surface area contributed by atoms with Crippen LogP contribution >= 0.6 is 11.3 Å². The number of alkyl halides is 5. The molecule has 0 amide bonds. The summed E-state index contributed by atoms with van der Waals surface area (Å²) in [6, 6.07) is 2.11. The van der Waals surface area contributed by atoms with E-state index in [4.69, 9.17) is 4.42 Å². The monoisotopic (exact) mass is 453 g/mol. The second kappa shape index (κ2) is 8.49. The standard InChI is InChI=1S/C15H12F5N5O2S2/c1-2-29(26)25(8-3-4-21-10(5-8)15(18,19)20)7-11-22-6-9(28-11)13-23-24-14(27-13)12(16)17/h3-6,12H,2,7H2,1H3. The zero-order valence-corrected chi connectivity index (χ0v) is 16.2. The highest BCUT2D eigenvalue weighted by atomic mass is 32.2. The van der Waals surface area contributed by atoms with Crippen molar-refractivity contribution in [2.24, 2.45) is 0 Å². The first-order valence-electron chi connectivity index (χ1n) is 7.95. The van der Waals surface area contributed by atoms with E-state index >= 15 is 0 Å². The van der Waals surface area contributed by atoms with Gasteiger partial charge in [-0.25, -0.2) is 9.19 Å². The van der Waals surface area contributed by atoms with Crippen molar-refractivity contribution in [1.82, 2.24) is 20.2 Å². The molecular formula is C15H12F5N5O2S2. The third kappa shape index (κ3) is 4.93. The molecule has 1 unspecified atom stereocenters. The van der Waals surface area contributed by atoms with Crippen LogP contribution in [0.1, 0.15) is 29.9 Å². The molecule has 14 heteroatoms. The highest BCUT2D eigenvalue weighted by molar-refractivity contribution is 7.86. The second-order valence-corrected chi connectivity index (χ2v) is 8.18. The lowest BCUT2D eigenvalue weighted by Gasteiger charge is -2.22. The Bertz CT molecular complexity index is 1010. The molecular weight excluding hydrogens is 441 g/mol. The van der Waals surface area contributed by atoms with Gasteiger partial charge in [-0.05, 0) is 12.1 Å². The Kier molecular flexibility index (Phi) is 6.21. The van der Waals surface area contributed by atoms with Crippen molar-refractivity contribution in [2.45, 2.75) is 26.1 Å². The van der Waals surface area contributed by atoms with E-state index in [9.17, 15) is 26.2 Å². The molecule has 0 aliphatic heterocycles. The number of thiazole rings is 1. The normalized spacial score (nSPS) is 13.1. The first-order valence-corrected chi connectivity index (χ1v) is 10.0. The molecule has 0 N–H and O–H groups in total. The predicted molar refractivity (Wildman–Crippen MR) is 94.5 cm³/mol. The topological polar surface area (TPSA) is 85.0 Å². The van der Waals surface area contributed by atoms with Gasteiger partial charge in [0.2, 0.25) is 0 Å². The highest BCUT2D eigenvalue weighted by Gasteiger charge is 2.33. The van der Waals surface area contributed by atoms with Crippen LogP contribution in [-0.2, 0) is 23.7 Å². The van der Waals surface area contributed by atoms with Gasteiger partial charge < -0.3 is 4.42 Å². The maximum atomic E-state index is 12.9. The Morgan fingerprint density at radius 2 is 2.03 bits per heavy atom. The van der Waals surface area contributed by atoms with Gasteiger partial charge in [-0.2, -0.15) is 22.0 Å². The Morgan fingerprint density at radius 1 is 1.28 bits per heavy atom. The third-order valence-electron chi connectivity index (χ3n) is 3.49. The number of anilines is 1. The van der Waals surface area contributed by atoms with Crippen LogP contribution in [-0.4, -0.2) is 30.1 Å². The zero-order valence-electron chi connectivity index (χ0n) is 14.6. The van der Waals surface area contributed by atoms with Gasteiger partial charge in [0, 0.05) is 11.9 Å². The van der Waals surface area contributed by atoms with Gasteiger partial charge in [-0.15, -0.1) is 21.5 Å². The summed E-state index contributed by atoms with van der Waals surface area (Å²) in [6.45, 7) is 1.54. The number of hydrogen-bond acceptors (Lipinski definition) is 7. The van der Waals surface area contributed by atoms with Crippen molar-refractivity contribution >= 4 is 28.0 Å². The van der Waals surface area contributed by atoms with Crippen LogP contribution < -0.4 is 4.31 Å². The van der Waals surface area contributed by atoms with Gasteiger partial charge in [0.15, 0.2) is 0 Å². The van der Waals surface area contributed by atoms with E-state index < -0.39 is 35.2 Å². The summed E-state index contributed by atoms with van der Waals surface area (Å²) in [6.07, 6.45) is -5.27. The molecule has 0 aliphatic rings. The molecule has 7 nitrogen and oxygen atoms in total. The third-order valence-corrected chi connectivity index (χ3v) is 5.78. The molecule has 0 fully saturated rings. The fraction of sp³-hybridized carbons (Fsp3) is 0.333. The number of hydrogen-bond donors (Lipinski definition) is 0. The Balaban J connectivity index is 1.87. The molecule has 0 bridgehead atoms. The first-order chi connectivity index (χ1) is 13.7. The summed E-state index contributed by atoms with van der Waals surface area (Å²) in [4.78, 5) is 7.68. The van der Waals surface area contributed by atoms with Crippen LogP contribution in [0, 0.1) is 0 Å². The summed E-state index contributed by atoms with van der Waals surface area (Å²) in [5, 5.41) is 7.10. The average Bonchev–Trinajstić information content (AvgIpc) is 3.34. The van der Waals surface area contributed by atoms with Crippen LogP contribution in [0.15, 0.2) is 28.9 Å². The molecule has 0 aromatic carbocycles. The van der Waals surface area contributed by atoms with Crippen LogP contribution in [0.3, 0.4) is 0 Å². The van der Waals surface area contributed by atoms with E-state index in [-0.39, 0.29) is 23.9 Å². The van der Waals surface area contributed by atoms with Crippen LogP contribution in [0.4, 0.5) is 27.6 Å². The van der Waals surface area contributed by atoms with E-state index in [1.54, 1.807) is 6.92 Å². The summed E-state index contributed by atoms with van der Waals surface area (Å²) in [7, 11) is -1.63. The molecule has 3 rings (SSSR count). The average molecular weight is 453 g/mol. The molecule has 0 radical (unpaired) electrons. The maximum Gasteiger partial charge on any atom is 0.433 e. The summed E-state index contributed by atoms with van der Waals surface area (Å²) in [5.41, 5.74) is -1.06. The molecule has 3 aromatic rings. The lowest BCUT2D eigenvalue weighted by atomic mass is 10.3. The quantitative estimate of drug-likeness (QED) is 0.498. The van der Waals surface area contributed by atoms with Crippen molar-refractivity contribution in [1.29, 1.82) is 0 Å². The van der Waals surface area contributed by atoms with Crippen molar-refractivity contribution in [2.75, 3.05) is 10.1 Å². The van der Waals surface area contributed by atoms with Gasteiger partial charge in [0.25, 0.3) is 11.8 Å². The van der Waals surface area contributed by atoms with E-state index in [0.717, 1.165) is 23.6 Å². The molecule has 3 aromatic heterocycles. The zero-order chi connectivity index (χ0) is 21.2. The molecule has 0 saturated heterocycles. The van der Waals surface area contributed by atoms with Crippen molar-refractivity contribution in [3.05, 3.63) is 41.1 Å². The van der Waals surface area contributed by atoms with Gasteiger partial charge in [-0.1, -0.05) is 6.92 Å². The first kappa shape index (κ1) is 21.2. The summed E-state index contributed by atoms with van der Waals surface area (Å²) >= 11 is 1.01. The number of nitrogens with zero attached hydrogens (tertiary/aromatic N) is 5. The van der Waals surface area contributed by atoms with Crippen molar-refractivity contribution < 1.29 is 30.6 Å². The highest BCUT2D eigenvalue weighted by Crippen LogP contribution is 2.32. The molecule has 29 heavy (non-hydrogen) atoms. The minimum absolute atomic E-state index is 0.0574.